The summed E-state index contributed by atoms with van der Waals surface area (Å²) in [4.78, 5) is 18.0. The van der Waals surface area contributed by atoms with Gasteiger partial charge in [-0.05, 0) is 191 Å². The van der Waals surface area contributed by atoms with E-state index in [-0.39, 0.29) is 54.1 Å². The van der Waals surface area contributed by atoms with E-state index in [4.69, 9.17) is 42.7 Å². The molecule has 0 spiro atoms. The van der Waals surface area contributed by atoms with Crippen molar-refractivity contribution in [2.45, 2.75) is 83.1 Å². The van der Waals surface area contributed by atoms with Crippen LogP contribution in [-0.4, -0.2) is 22.2 Å². The summed E-state index contributed by atoms with van der Waals surface area (Å²) in [5.41, 5.74) is 38.5. The first-order chi connectivity index (χ1) is 30.5. The Balaban J connectivity index is 0.000000608. The minimum Gasteiger partial charge on any atom is -0.481 e. The number of hydrogen-bond donors (Lipinski definition) is 6. The van der Waals surface area contributed by atoms with Gasteiger partial charge in [0.2, 0.25) is 0 Å². The van der Waals surface area contributed by atoms with Gasteiger partial charge < -0.3 is 33.1 Å². The molecule has 10 N–H and O–H groups in total. The van der Waals surface area contributed by atoms with Gasteiger partial charge in [-0.15, -0.1) is 0 Å². The van der Waals surface area contributed by atoms with Crippen molar-refractivity contribution < 1.29 is 66.6 Å². The molecule has 67 heavy (non-hydrogen) atoms. The van der Waals surface area contributed by atoms with Crippen molar-refractivity contribution in [2.75, 3.05) is 22.9 Å². The minimum absolute atomic E-state index is 0. The second-order valence-corrected chi connectivity index (χ2v) is 16.7. The van der Waals surface area contributed by atoms with Crippen LogP contribution < -0.4 is 22.9 Å². The van der Waals surface area contributed by atoms with Crippen LogP contribution in [0.2, 0.25) is 0 Å². The molecule has 0 aliphatic carbocycles. The summed E-state index contributed by atoms with van der Waals surface area (Å²) < 4.78 is 85.0. The molecule has 0 amide bonds. The Morgan fingerprint density at radius 3 is 0.851 bits per heavy atom. The van der Waals surface area contributed by atoms with Gasteiger partial charge in [0.1, 0.15) is 0 Å². The summed E-state index contributed by atoms with van der Waals surface area (Å²) in [5, 5.41) is 14.8. The van der Waals surface area contributed by atoms with Crippen molar-refractivity contribution >= 4 is 66.5 Å². The van der Waals surface area contributed by atoms with E-state index >= 15 is 0 Å². The molecule has 6 aromatic carbocycles. The standard InChI is InChI=1S/C28H22F6N2.C16H18Br2N2.2C2H4O2.C2H6.Pd/c1-11-5-17(15-7-19(29)25(33)20(30)8-15)27(35)23(13(11)3)24-14(4)12(2)6-18(28(24)36)16-9-21(31)26(34)22(32)10-16;1-7-5-11(17)15(19)13(9(7)3)14-10(4)8(2)6-12(18)16(14)20;2*1-2(3)4;1-2;/h5-10H,35-36H2,1-4H3;5-6H,19-20H2,1-4H3;2*1H3,(H,3,4);1-2H3;. The zero-order valence-corrected chi connectivity index (χ0v) is 43.7. The van der Waals surface area contributed by atoms with E-state index < -0.39 is 46.8 Å². The maximum atomic E-state index is 14.0. The van der Waals surface area contributed by atoms with Crippen LogP contribution in [0.5, 0.6) is 0 Å². The fourth-order valence-corrected chi connectivity index (χ4v) is 7.93. The van der Waals surface area contributed by atoms with Crippen LogP contribution in [0.25, 0.3) is 44.5 Å². The molecule has 0 fully saturated rings. The van der Waals surface area contributed by atoms with Crippen molar-refractivity contribution in [1.82, 2.24) is 0 Å². The van der Waals surface area contributed by atoms with Crippen LogP contribution in [0, 0.1) is 90.3 Å². The molecule has 6 rings (SSSR count). The molecule has 6 aromatic rings. The van der Waals surface area contributed by atoms with E-state index in [1.165, 1.54) is 11.1 Å². The third-order valence-electron chi connectivity index (χ3n) is 10.5. The molecule has 364 valence electrons. The molecule has 0 radical (unpaired) electrons. The Morgan fingerprint density at radius 1 is 0.433 bits per heavy atom. The van der Waals surface area contributed by atoms with Crippen LogP contribution in [0.1, 0.15) is 72.2 Å². The first kappa shape index (κ1) is 59.7. The Bertz CT molecular complexity index is 2550. The number of anilines is 4. The van der Waals surface area contributed by atoms with Crippen LogP contribution >= 0.6 is 31.9 Å². The van der Waals surface area contributed by atoms with Gasteiger partial charge >= 0.3 is 0 Å². The summed E-state index contributed by atoms with van der Waals surface area (Å²) >= 11 is 7.07. The zero-order chi connectivity index (χ0) is 51.0. The van der Waals surface area contributed by atoms with Gasteiger partial charge in [0.05, 0.1) is 11.4 Å². The second kappa shape index (κ2) is 25.1. The topological polar surface area (TPSA) is 179 Å². The molecule has 0 saturated heterocycles. The predicted octanol–water partition coefficient (Wildman–Crippen LogP) is 14.4. The first-order valence-electron chi connectivity index (χ1n) is 20.1. The molecule has 0 unspecified atom stereocenters. The predicted molar refractivity (Wildman–Crippen MR) is 263 cm³/mol. The van der Waals surface area contributed by atoms with Gasteiger partial charge in [-0.25, -0.2) is 26.3 Å². The molecule has 8 nitrogen and oxygen atoms in total. The zero-order valence-electron chi connectivity index (χ0n) is 39.0. The fraction of sp³-hybridized carbons (Fsp3) is 0.240. The van der Waals surface area contributed by atoms with E-state index in [1.807, 2.05) is 26.0 Å². The number of carboxylic acids is 2. The summed E-state index contributed by atoms with van der Waals surface area (Å²) in [7, 11) is 0. The van der Waals surface area contributed by atoms with Gasteiger partial charge in [0.25, 0.3) is 11.9 Å². The van der Waals surface area contributed by atoms with Crippen LogP contribution in [-0.2, 0) is 30.0 Å². The fourth-order valence-electron chi connectivity index (χ4n) is 6.85. The number of aryl methyl sites for hydroxylation is 4. The van der Waals surface area contributed by atoms with E-state index in [9.17, 15) is 26.3 Å². The summed E-state index contributed by atoms with van der Waals surface area (Å²) in [6, 6.07) is 10.8. The average Bonchev–Trinajstić information content (AvgIpc) is 3.22. The third-order valence-corrected chi connectivity index (χ3v) is 11.8. The number of benzene rings is 6. The molecule has 17 heteroatoms. The van der Waals surface area contributed by atoms with E-state index in [0.717, 1.165) is 80.7 Å². The number of hydrogen-bond acceptors (Lipinski definition) is 6. The van der Waals surface area contributed by atoms with Crippen molar-refractivity contribution in [1.29, 1.82) is 0 Å². The van der Waals surface area contributed by atoms with Crippen molar-refractivity contribution in [3.8, 4) is 44.5 Å². The molecule has 0 aliphatic rings. The Kier molecular flexibility index (Phi) is 22.4. The van der Waals surface area contributed by atoms with Gasteiger partial charge in [-0.1, -0.05) is 13.8 Å². The maximum Gasteiger partial charge on any atom is 0.300 e. The summed E-state index contributed by atoms with van der Waals surface area (Å²) in [5.74, 6) is -10.3. The van der Waals surface area contributed by atoms with E-state index in [1.54, 1.807) is 39.8 Å². The van der Waals surface area contributed by atoms with Crippen molar-refractivity contribution in [3.63, 3.8) is 0 Å². The maximum absolute atomic E-state index is 14.0. The smallest absolute Gasteiger partial charge is 0.300 e. The molecular weight excluding hydrogens is 1100 g/mol. The number of nitrogens with two attached hydrogens (primary N) is 4. The van der Waals surface area contributed by atoms with Crippen LogP contribution in [0.3, 0.4) is 0 Å². The third kappa shape index (κ3) is 13.9. The number of nitrogen functional groups attached to an aromatic ring is 4. The van der Waals surface area contributed by atoms with Crippen LogP contribution in [0.4, 0.5) is 49.1 Å². The van der Waals surface area contributed by atoms with Gasteiger partial charge in [-0.2, -0.15) is 0 Å². The first-order valence-corrected chi connectivity index (χ1v) is 21.7. The minimum atomic E-state index is -1.59. The molecule has 0 atom stereocenters. The molecule has 0 bridgehead atoms. The average molecular weight is 1160 g/mol. The van der Waals surface area contributed by atoms with Crippen molar-refractivity contribution in [3.05, 3.63) is 137 Å². The Hall–Kier alpha value is -5.34. The van der Waals surface area contributed by atoms with Gasteiger partial charge in [-0.3, -0.25) is 9.59 Å². The normalized spacial score (nSPS) is 10.1. The van der Waals surface area contributed by atoms with E-state index in [0.29, 0.717) is 33.4 Å². The van der Waals surface area contributed by atoms with Gasteiger partial charge in [0.15, 0.2) is 34.9 Å². The molecular formula is C50H54Br2F6N4O4Pd. The van der Waals surface area contributed by atoms with Crippen LogP contribution in [0.15, 0.2) is 57.5 Å². The number of aliphatic carboxylic acids is 2. The van der Waals surface area contributed by atoms with Crippen molar-refractivity contribution in [2.24, 2.45) is 0 Å². The number of halogens is 8. The summed E-state index contributed by atoms with van der Waals surface area (Å²) in [6.45, 7) is 21.6. The molecule has 0 heterocycles. The molecule has 0 saturated carbocycles. The largest absolute Gasteiger partial charge is 0.481 e. The molecule has 0 aliphatic heterocycles. The number of carboxylic acid groups (broad SMARTS) is 2. The second-order valence-electron chi connectivity index (χ2n) is 15.0. The summed E-state index contributed by atoms with van der Waals surface area (Å²) in [6.07, 6.45) is 0. The quantitative estimate of drug-likeness (QED) is 0.0437. The Morgan fingerprint density at radius 2 is 0.627 bits per heavy atom. The Labute approximate surface area is 418 Å². The van der Waals surface area contributed by atoms with E-state index in [2.05, 4.69) is 59.6 Å². The number of carbonyl (C=O) groups is 2. The molecule has 0 aromatic heterocycles. The van der Waals surface area contributed by atoms with Gasteiger partial charge in [0, 0.05) is 88.0 Å². The monoisotopic (exact) mass is 1150 g/mol. The SMILES string of the molecule is CC.CC(=O)O.CC(=O)O.Cc1cc(-c2cc(F)c(F)c(F)c2)c(N)c(-c2c(C)c(C)cc(-c3cc(F)c(F)c(F)c3)c2N)c1C.Cc1cc(Br)c(N)c(-c2c(C)c(C)cc(Br)c2N)c1C.[Pd]. The number of rotatable bonds is 4.